The van der Waals surface area contributed by atoms with Crippen LogP contribution in [0.3, 0.4) is 0 Å². The van der Waals surface area contributed by atoms with E-state index < -0.39 is 0 Å². The molecule has 1 heterocycles. The summed E-state index contributed by atoms with van der Waals surface area (Å²) in [5, 5.41) is 2.11. The number of benzene rings is 2. The van der Waals surface area contributed by atoms with Gasteiger partial charge in [0, 0.05) is 18.4 Å². The fourth-order valence-electron chi connectivity index (χ4n) is 12.0. The highest BCUT2D eigenvalue weighted by Gasteiger charge is 2.59. The van der Waals surface area contributed by atoms with Crippen LogP contribution in [0.15, 0.2) is 48.0 Å². The van der Waals surface area contributed by atoms with Crippen LogP contribution in [0.1, 0.15) is 142 Å². The number of esters is 1. The largest absolute Gasteiger partial charge is 0.494 e. The molecule has 4 aliphatic carbocycles. The summed E-state index contributed by atoms with van der Waals surface area (Å²) in [6.45, 7) is 18.7. The Kier molecular flexibility index (Phi) is 12.0. The predicted molar refractivity (Wildman–Crippen MR) is 215 cm³/mol. The van der Waals surface area contributed by atoms with Crippen LogP contribution < -0.4 is 4.74 Å². The molecule has 8 atom stereocenters. The van der Waals surface area contributed by atoms with E-state index in [1.807, 2.05) is 24.3 Å². The molecule has 0 radical (unpaired) electrons. The van der Waals surface area contributed by atoms with Crippen LogP contribution in [0.25, 0.3) is 10.8 Å². The molecule has 2 aromatic rings. The number of hydrogen-bond acceptors (Lipinski definition) is 5. The number of hydrogen-bond donors (Lipinski definition) is 0. The molecular formula is C48H70O5. The van der Waals surface area contributed by atoms with Crippen LogP contribution in [0.4, 0.5) is 0 Å². The molecule has 2 aromatic carbocycles. The van der Waals surface area contributed by atoms with E-state index in [-0.39, 0.29) is 22.9 Å². The third-order valence-corrected chi connectivity index (χ3v) is 15.5. The first-order valence-corrected chi connectivity index (χ1v) is 21.8. The van der Waals surface area contributed by atoms with Gasteiger partial charge in [0.2, 0.25) is 0 Å². The van der Waals surface area contributed by atoms with Crippen molar-refractivity contribution < 1.29 is 23.7 Å². The van der Waals surface area contributed by atoms with Crippen molar-refractivity contribution in [3.05, 3.63) is 53.6 Å². The maximum Gasteiger partial charge on any atom is 0.338 e. The molecule has 0 amide bonds. The molecule has 0 aromatic heterocycles. The van der Waals surface area contributed by atoms with Crippen molar-refractivity contribution in [1.82, 2.24) is 0 Å². The van der Waals surface area contributed by atoms with Crippen LogP contribution in [0.2, 0.25) is 0 Å². The van der Waals surface area contributed by atoms with E-state index in [0.29, 0.717) is 17.6 Å². The Morgan fingerprint density at radius 1 is 0.887 bits per heavy atom. The maximum atomic E-state index is 13.5. The Hall–Kier alpha value is -2.37. The van der Waals surface area contributed by atoms with E-state index in [1.54, 1.807) is 5.57 Å². The zero-order valence-corrected chi connectivity index (χ0v) is 34.1. The van der Waals surface area contributed by atoms with Crippen LogP contribution in [-0.4, -0.2) is 45.1 Å². The summed E-state index contributed by atoms with van der Waals surface area (Å²) in [6.07, 6.45) is 19.7. The molecule has 8 unspecified atom stereocenters. The molecule has 5 nitrogen and oxygen atoms in total. The second-order valence-corrected chi connectivity index (χ2v) is 19.2. The highest BCUT2D eigenvalue weighted by atomic mass is 16.5. The van der Waals surface area contributed by atoms with E-state index >= 15 is 0 Å². The lowest BCUT2D eigenvalue weighted by Gasteiger charge is -2.58. The fraction of sp³-hybridized carbons (Fsp3) is 0.729. The number of ether oxygens (including phenoxy) is 4. The van der Waals surface area contributed by atoms with Crippen molar-refractivity contribution in [2.75, 3.05) is 33.0 Å². The Morgan fingerprint density at radius 2 is 1.68 bits per heavy atom. The van der Waals surface area contributed by atoms with Crippen LogP contribution in [0, 0.1) is 51.8 Å². The smallest absolute Gasteiger partial charge is 0.338 e. The molecule has 0 N–H and O–H groups in total. The first kappa shape index (κ1) is 38.9. The maximum absolute atomic E-state index is 13.5. The normalized spacial score (nSPS) is 32.3. The number of unbranched alkanes of at least 4 members (excludes halogenated alkanes) is 1. The van der Waals surface area contributed by atoms with Crippen molar-refractivity contribution in [2.24, 2.45) is 51.8 Å². The molecule has 0 spiro atoms. The van der Waals surface area contributed by atoms with Gasteiger partial charge in [-0.2, -0.15) is 0 Å². The van der Waals surface area contributed by atoms with Crippen LogP contribution in [0.5, 0.6) is 5.75 Å². The summed E-state index contributed by atoms with van der Waals surface area (Å²) in [4.78, 5) is 13.5. The summed E-state index contributed by atoms with van der Waals surface area (Å²) in [5.41, 5.74) is 3.23. The van der Waals surface area contributed by atoms with Gasteiger partial charge in [-0.15, -0.1) is 0 Å². The number of rotatable bonds is 16. The molecule has 4 fully saturated rings. The minimum atomic E-state index is -0.194. The van der Waals surface area contributed by atoms with Gasteiger partial charge in [0.15, 0.2) is 0 Å². The number of fused-ring (bicyclic) bond motifs is 6. The van der Waals surface area contributed by atoms with E-state index in [0.717, 1.165) is 117 Å². The standard InChI is InChI=1S/C48H70O5/c1-7-48(31-51-32-48)30-50-25-8-9-26-52-39-17-15-35-27-37(14-13-36(35)28-39)45(49)53-40-21-23-46(5)38(29-40)16-18-41-43-20-19-42(34(4)12-10-11-33(2)3)47(43,6)24-22-44(41)46/h13-17,27-28,33-34,40-44H,7-12,18-26,29-32H2,1-6H3. The van der Waals surface area contributed by atoms with Gasteiger partial charge in [0.25, 0.3) is 0 Å². The number of carbonyl (C=O) groups excluding carboxylic acids is 1. The summed E-state index contributed by atoms with van der Waals surface area (Å²) in [7, 11) is 0. The minimum Gasteiger partial charge on any atom is -0.494 e. The monoisotopic (exact) mass is 727 g/mol. The zero-order valence-electron chi connectivity index (χ0n) is 34.1. The molecule has 5 aliphatic rings. The lowest BCUT2D eigenvalue weighted by molar-refractivity contribution is -0.150. The first-order valence-electron chi connectivity index (χ1n) is 21.8. The van der Waals surface area contributed by atoms with Gasteiger partial charge in [-0.25, -0.2) is 4.79 Å². The second kappa shape index (κ2) is 16.4. The fourth-order valence-corrected chi connectivity index (χ4v) is 12.0. The van der Waals surface area contributed by atoms with Crippen molar-refractivity contribution in [1.29, 1.82) is 0 Å². The van der Waals surface area contributed by atoms with Gasteiger partial charge in [-0.1, -0.05) is 84.6 Å². The highest BCUT2D eigenvalue weighted by Crippen LogP contribution is 2.67. The molecule has 7 rings (SSSR count). The molecular weight excluding hydrogens is 657 g/mol. The summed E-state index contributed by atoms with van der Waals surface area (Å²) < 4.78 is 23.6. The molecule has 1 aliphatic heterocycles. The molecule has 3 saturated carbocycles. The quantitative estimate of drug-likeness (QED) is 0.0979. The van der Waals surface area contributed by atoms with Crippen molar-refractivity contribution in [2.45, 2.75) is 138 Å². The van der Waals surface area contributed by atoms with Gasteiger partial charge < -0.3 is 18.9 Å². The molecule has 0 bridgehead atoms. The summed E-state index contributed by atoms with van der Waals surface area (Å²) >= 11 is 0. The van der Waals surface area contributed by atoms with Gasteiger partial charge in [0.1, 0.15) is 11.9 Å². The predicted octanol–water partition coefficient (Wildman–Crippen LogP) is 12.0. The first-order chi connectivity index (χ1) is 25.5. The zero-order chi connectivity index (χ0) is 37.2. The van der Waals surface area contributed by atoms with Gasteiger partial charge in [-0.3, -0.25) is 0 Å². The third kappa shape index (κ3) is 8.14. The van der Waals surface area contributed by atoms with Gasteiger partial charge in [0.05, 0.1) is 32.0 Å². The molecule has 53 heavy (non-hydrogen) atoms. The van der Waals surface area contributed by atoms with Crippen LogP contribution in [-0.2, 0) is 14.2 Å². The van der Waals surface area contributed by atoms with Gasteiger partial charge >= 0.3 is 5.97 Å². The SMILES string of the molecule is CCC1(COCCCCOc2ccc3cc(C(=O)OC4CCC5(C)C(=CCC6C5CCC5(C)C(C(C)CCCC(C)C)CCC65)C4)ccc3c2)COC1. The molecule has 292 valence electrons. The average molecular weight is 727 g/mol. The Labute approximate surface area is 321 Å². The minimum absolute atomic E-state index is 0.0355. The average Bonchev–Trinajstić information content (AvgIpc) is 3.49. The molecule has 5 heteroatoms. The third-order valence-electron chi connectivity index (χ3n) is 15.5. The Balaban J connectivity index is 0.891. The van der Waals surface area contributed by atoms with E-state index in [4.69, 9.17) is 18.9 Å². The highest BCUT2D eigenvalue weighted by molar-refractivity contribution is 5.95. The summed E-state index contributed by atoms with van der Waals surface area (Å²) in [6, 6.07) is 12.1. The molecule has 1 saturated heterocycles. The Morgan fingerprint density at radius 3 is 2.45 bits per heavy atom. The van der Waals surface area contributed by atoms with E-state index in [9.17, 15) is 4.79 Å². The summed E-state index contributed by atoms with van der Waals surface area (Å²) in [5.74, 6) is 5.70. The van der Waals surface area contributed by atoms with Gasteiger partial charge in [-0.05, 0) is 146 Å². The number of carbonyl (C=O) groups is 1. The topological polar surface area (TPSA) is 54.0 Å². The van der Waals surface area contributed by atoms with E-state index in [1.165, 1.54) is 51.4 Å². The lowest BCUT2D eigenvalue weighted by Crippen LogP contribution is -2.51. The second-order valence-electron chi connectivity index (χ2n) is 19.2. The lowest BCUT2D eigenvalue weighted by atomic mass is 9.47. The van der Waals surface area contributed by atoms with Crippen LogP contribution >= 0.6 is 0 Å². The number of allylic oxidation sites excluding steroid dienone is 1. The van der Waals surface area contributed by atoms with Crippen molar-refractivity contribution >= 4 is 16.7 Å². The van der Waals surface area contributed by atoms with Crippen molar-refractivity contribution in [3.8, 4) is 5.75 Å². The van der Waals surface area contributed by atoms with Crippen molar-refractivity contribution in [3.63, 3.8) is 0 Å². The van der Waals surface area contributed by atoms with E-state index in [2.05, 4.69) is 59.8 Å². The Bertz CT molecular complexity index is 1580.